The Morgan fingerprint density at radius 3 is 3.05 bits per heavy atom. The molecular formula is C14H16BrN3O2. The third kappa shape index (κ3) is 3.84. The summed E-state index contributed by atoms with van der Waals surface area (Å²) < 4.78 is 6.09. The van der Waals surface area contributed by atoms with Crippen molar-refractivity contribution >= 4 is 21.8 Å². The monoisotopic (exact) mass is 337 g/mol. The minimum atomic E-state index is -0.131. The van der Waals surface area contributed by atoms with Crippen LogP contribution in [0.5, 0.6) is 5.75 Å². The number of rotatable bonds is 6. The van der Waals surface area contributed by atoms with Gasteiger partial charge in [-0.3, -0.25) is 4.79 Å². The second kappa shape index (κ2) is 7.09. The molecule has 106 valence electrons. The second-order valence-corrected chi connectivity index (χ2v) is 5.16. The summed E-state index contributed by atoms with van der Waals surface area (Å²) >= 11 is 3.35. The first-order valence-corrected chi connectivity index (χ1v) is 7.10. The van der Waals surface area contributed by atoms with Gasteiger partial charge in [-0.25, -0.2) is 4.98 Å². The van der Waals surface area contributed by atoms with Crippen LogP contribution in [0.25, 0.3) is 0 Å². The number of nitrogens with one attached hydrogen (secondary N) is 2. The first-order chi connectivity index (χ1) is 9.70. The fourth-order valence-corrected chi connectivity index (χ4v) is 2.18. The first kappa shape index (κ1) is 14.6. The van der Waals surface area contributed by atoms with Gasteiger partial charge >= 0.3 is 0 Å². The van der Waals surface area contributed by atoms with E-state index in [4.69, 9.17) is 4.74 Å². The number of halogens is 1. The first-order valence-electron chi connectivity index (χ1n) is 6.30. The SMILES string of the molecule is COc1cc(Br)ccc1C(=O)NCCCc1ncc[nH]1. The van der Waals surface area contributed by atoms with Gasteiger partial charge in [0.2, 0.25) is 0 Å². The van der Waals surface area contributed by atoms with Gasteiger partial charge in [0.1, 0.15) is 11.6 Å². The lowest BCUT2D eigenvalue weighted by Crippen LogP contribution is -2.25. The number of carbonyl (C=O) groups is 1. The molecule has 2 N–H and O–H groups in total. The van der Waals surface area contributed by atoms with E-state index in [2.05, 4.69) is 31.2 Å². The van der Waals surface area contributed by atoms with Crippen molar-refractivity contribution in [3.63, 3.8) is 0 Å². The molecule has 0 aliphatic carbocycles. The van der Waals surface area contributed by atoms with Crippen LogP contribution in [-0.2, 0) is 6.42 Å². The maximum Gasteiger partial charge on any atom is 0.255 e. The molecule has 2 rings (SSSR count). The molecule has 1 aromatic carbocycles. The van der Waals surface area contributed by atoms with Crippen LogP contribution in [-0.4, -0.2) is 29.5 Å². The van der Waals surface area contributed by atoms with Crippen molar-refractivity contribution in [3.8, 4) is 5.75 Å². The maximum atomic E-state index is 12.1. The number of nitrogens with zero attached hydrogens (tertiary/aromatic N) is 1. The Kier molecular flexibility index (Phi) is 5.17. The fraction of sp³-hybridized carbons (Fsp3) is 0.286. The van der Waals surface area contributed by atoms with Gasteiger partial charge in [0.25, 0.3) is 5.91 Å². The van der Waals surface area contributed by atoms with Crippen LogP contribution < -0.4 is 10.1 Å². The quantitative estimate of drug-likeness (QED) is 0.796. The van der Waals surface area contributed by atoms with Gasteiger partial charge in [-0.05, 0) is 24.6 Å². The summed E-state index contributed by atoms with van der Waals surface area (Å²) in [6.07, 6.45) is 5.16. The van der Waals surface area contributed by atoms with Gasteiger partial charge in [-0.1, -0.05) is 15.9 Å². The van der Waals surface area contributed by atoms with Crippen LogP contribution in [0.2, 0.25) is 0 Å². The summed E-state index contributed by atoms with van der Waals surface area (Å²) in [6.45, 7) is 0.596. The highest BCUT2D eigenvalue weighted by Crippen LogP contribution is 2.23. The Morgan fingerprint density at radius 2 is 2.35 bits per heavy atom. The minimum absolute atomic E-state index is 0.131. The molecule has 0 aliphatic heterocycles. The largest absolute Gasteiger partial charge is 0.496 e. The van der Waals surface area contributed by atoms with Crippen LogP contribution in [0.4, 0.5) is 0 Å². The average Bonchev–Trinajstić information content (AvgIpc) is 2.96. The Morgan fingerprint density at radius 1 is 1.50 bits per heavy atom. The molecule has 0 radical (unpaired) electrons. The highest BCUT2D eigenvalue weighted by Gasteiger charge is 2.11. The van der Waals surface area contributed by atoms with Gasteiger partial charge in [-0.15, -0.1) is 0 Å². The van der Waals surface area contributed by atoms with Gasteiger partial charge in [0.05, 0.1) is 12.7 Å². The number of H-pyrrole nitrogens is 1. The molecule has 1 aromatic heterocycles. The number of imidazole rings is 1. The molecule has 0 bridgehead atoms. The van der Waals surface area contributed by atoms with E-state index in [-0.39, 0.29) is 5.91 Å². The topological polar surface area (TPSA) is 67.0 Å². The van der Waals surface area contributed by atoms with E-state index in [1.54, 1.807) is 31.6 Å². The number of ether oxygens (including phenoxy) is 1. The summed E-state index contributed by atoms with van der Waals surface area (Å²) in [4.78, 5) is 19.2. The molecule has 0 saturated carbocycles. The lowest BCUT2D eigenvalue weighted by Gasteiger charge is -2.09. The molecule has 6 heteroatoms. The van der Waals surface area contributed by atoms with E-state index in [0.717, 1.165) is 23.1 Å². The molecule has 0 atom stereocenters. The van der Waals surface area contributed by atoms with Crippen molar-refractivity contribution in [2.75, 3.05) is 13.7 Å². The molecule has 1 amide bonds. The smallest absolute Gasteiger partial charge is 0.255 e. The minimum Gasteiger partial charge on any atom is -0.496 e. The Bertz CT molecular complexity index is 570. The maximum absolute atomic E-state index is 12.1. The van der Waals surface area contributed by atoms with Gasteiger partial charge in [0.15, 0.2) is 0 Å². The molecule has 0 unspecified atom stereocenters. The molecule has 2 aromatic rings. The zero-order valence-electron chi connectivity index (χ0n) is 11.1. The van der Waals surface area contributed by atoms with Crippen molar-refractivity contribution in [3.05, 3.63) is 46.5 Å². The summed E-state index contributed by atoms with van der Waals surface area (Å²) in [5.41, 5.74) is 0.536. The van der Waals surface area contributed by atoms with Crippen LogP contribution in [0, 0.1) is 0 Å². The lowest BCUT2D eigenvalue weighted by molar-refractivity contribution is 0.0950. The number of hydrogen-bond acceptors (Lipinski definition) is 3. The van der Waals surface area contributed by atoms with Crippen molar-refractivity contribution in [2.24, 2.45) is 0 Å². The lowest BCUT2D eigenvalue weighted by atomic mass is 10.2. The number of aromatic nitrogens is 2. The van der Waals surface area contributed by atoms with E-state index in [1.165, 1.54) is 0 Å². The van der Waals surface area contributed by atoms with E-state index in [9.17, 15) is 4.79 Å². The second-order valence-electron chi connectivity index (χ2n) is 4.24. The third-order valence-corrected chi connectivity index (χ3v) is 3.33. The fourth-order valence-electron chi connectivity index (χ4n) is 1.84. The predicted octanol–water partition coefficient (Wildman–Crippen LogP) is 2.54. The molecule has 0 saturated heterocycles. The predicted molar refractivity (Wildman–Crippen MR) is 79.9 cm³/mol. The van der Waals surface area contributed by atoms with E-state index < -0.39 is 0 Å². The van der Waals surface area contributed by atoms with Crippen molar-refractivity contribution < 1.29 is 9.53 Å². The van der Waals surface area contributed by atoms with E-state index in [0.29, 0.717) is 17.9 Å². The van der Waals surface area contributed by atoms with Crippen molar-refractivity contribution in [1.29, 1.82) is 0 Å². The molecule has 0 aliphatic rings. The zero-order chi connectivity index (χ0) is 14.4. The normalized spacial score (nSPS) is 10.3. The Labute approximate surface area is 125 Å². The number of methoxy groups -OCH3 is 1. The number of benzene rings is 1. The van der Waals surface area contributed by atoms with Crippen LogP contribution in [0.3, 0.4) is 0 Å². The van der Waals surface area contributed by atoms with E-state index in [1.807, 2.05) is 6.07 Å². The number of aryl methyl sites for hydroxylation is 1. The summed E-state index contributed by atoms with van der Waals surface area (Å²) in [5.74, 6) is 1.36. The third-order valence-electron chi connectivity index (χ3n) is 2.84. The Hall–Kier alpha value is -1.82. The van der Waals surface area contributed by atoms with Crippen LogP contribution in [0.15, 0.2) is 35.1 Å². The number of hydrogen-bond donors (Lipinski definition) is 2. The summed E-state index contributed by atoms with van der Waals surface area (Å²) in [6, 6.07) is 5.34. The molecular weight excluding hydrogens is 322 g/mol. The number of amides is 1. The molecule has 0 spiro atoms. The standard InChI is InChI=1S/C14H16BrN3O2/c1-20-12-9-10(15)4-5-11(12)14(19)18-6-2-3-13-16-7-8-17-13/h4-5,7-9H,2-3,6H2,1H3,(H,16,17)(H,18,19). The number of carbonyl (C=O) groups excluding carboxylic acids is 1. The van der Waals surface area contributed by atoms with Gasteiger partial charge in [-0.2, -0.15) is 0 Å². The van der Waals surface area contributed by atoms with Crippen molar-refractivity contribution in [1.82, 2.24) is 15.3 Å². The summed E-state index contributed by atoms with van der Waals surface area (Å²) in [5, 5.41) is 2.88. The molecule has 0 fully saturated rings. The highest BCUT2D eigenvalue weighted by molar-refractivity contribution is 9.10. The van der Waals surface area contributed by atoms with Gasteiger partial charge in [0, 0.05) is 29.8 Å². The Balaban J connectivity index is 1.85. The highest BCUT2D eigenvalue weighted by atomic mass is 79.9. The molecule has 5 nitrogen and oxygen atoms in total. The number of aromatic amines is 1. The van der Waals surface area contributed by atoms with Crippen molar-refractivity contribution in [2.45, 2.75) is 12.8 Å². The van der Waals surface area contributed by atoms with E-state index >= 15 is 0 Å². The molecule has 1 heterocycles. The van der Waals surface area contributed by atoms with Gasteiger partial charge < -0.3 is 15.0 Å². The van der Waals surface area contributed by atoms with Crippen LogP contribution >= 0.6 is 15.9 Å². The zero-order valence-corrected chi connectivity index (χ0v) is 12.7. The molecule has 20 heavy (non-hydrogen) atoms. The summed E-state index contributed by atoms with van der Waals surface area (Å²) in [7, 11) is 1.55. The average molecular weight is 338 g/mol. The van der Waals surface area contributed by atoms with Crippen LogP contribution in [0.1, 0.15) is 22.6 Å².